The predicted molar refractivity (Wildman–Crippen MR) is 121 cm³/mol. The van der Waals surface area contributed by atoms with Gasteiger partial charge in [0.2, 0.25) is 0 Å². The zero-order valence-electron chi connectivity index (χ0n) is 18.3. The van der Waals surface area contributed by atoms with E-state index in [-0.39, 0.29) is 23.6 Å². The average Bonchev–Trinajstić information content (AvgIpc) is 3.62. The Morgan fingerprint density at radius 1 is 1.25 bits per heavy atom. The summed E-state index contributed by atoms with van der Waals surface area (Å²) in [6.45, 7) is 5.61. The Morgan fingerprint density at radius 3 is 2.78 bits per heavy atom. The van der Waals surface area contributed by atoms with Crippen LogP contribution in [0.3, 0.4) is 0 Å². The lowest BCUT2D eigenvalue weighted by Gasteiger charge is -2.45. The Kier molecular flexibility index (Phi) is 5.38. The molecule has 2 aliphatic rings. The third-order valence-electron chi connectivity index (χ3n) is 6.29. The summed E-state index contributed by atoms with van der Waals surface area (Å²) in [7, 11) is 0. The van der Waals surface area contributed by atoms with Gasteiger partial charge in [-0.15, -0.1) is 0 Å². The summed E-state index contributed by atoms with van der Waals surface area (Å²) in [4.78, 5) is 38.2. The minimum Gasteiger partial charge on any atom is -0.486 e. The third-order valence-corrected chi connectivity index (χ3v) is 6.29. The van der Waals surface area contributed by atoms with Crippen LogP contribution < -0.4 is 15.6 Å². The summed E-state index contributed by atoms with van der Waals surface area (Å²) < 4.78 is 6.07. The number of fused-ring (bicyclic) bond motifs is 1. The number of likely N-dealkylation sites (tertiary alicyclic amines) is 1. The standard InChI is InChI=1S/C24H27N5O3/c1-3-16-9-20-21(28-23(16)30)8-15(10-25-20)12-29-13-22(14(29)2)32-18-6-7-19(26-11-18)24(31)27-17-4-5-17/h6-11,14,17,22H,3-5,12-13H2,1-2H3,(H,27,31)(H,28,30). The van der Waals surface area contributed by atoms with Crippen LogP contribution in [0.25, 0.3) is 11.0 Å². The number of aromatic nitrogens is 3. The number of hydrogen-bond acceptors (Lipinski definition) is 6. The number of pyridine rings is 3. The Hall–Kier alpha value is -3.26. The molecule has 0 bridgehead atoms. The number of hydrogen-bond donors (Lipinski definition) is 2. The van der Waals surface area contributed by atoms with Crippen molar-refractivity contribution in [1.82, 2.24) is 25.2 Å². The topological polar surface area (TPSA) is 100 Å². The lowest BCUT2D eigenvalue weighted by Crippen LogP contribution is -2.60. The number of nitrogens with one attached hydrogen (secondary N) is 2. The van der Waals surface area contributed by atoms with E-state index in [0.29, 0.717) is 23.9 Å². The molecule has 4 heterocycles. The molecule has 3 aromatic rings. The predicted octanol–water partition coefficient (Wildman–Crippen LogP) is 2.42. The monoisotopic (exact) mass is 433 g/mol. The van der Waals surface area contributed by atoms with Crippen molar-refractivity contribution in [3.8, 4) is 5.75 Å². The fourth-order valence-corrected chi connectivity index (χ4v) is 3.99. The molecule has 1 amide bonds. The maximum absolute atomic E-state index is 12.1. The number of aryl methyl sites for hydroxylation is 1. The Labute approximate surface area is 186 Å². The summed E-state index contributed by atoms with van der Waals surface area (Å²) in [5.74, 6) is 0.541. The molecular formula is C24H27N5O3. The fourth-order valence-electron chi connectivity index (χ4n) is 3.99. The Morgan fingerprint density at radius 2 is 2.09 bits per heavy atom. The van der Waals surface area contributed by atoms with E-state index in [9.17, 15) is 9.59 Å². The summed E-state index contributed by atoms with van der Waals surface area (Å²) in [6.07, 6.45) is 6.34. The number of rotatable bonds is 7. The first-order valence-corrected chi connectivity index (χ1v) is 11.2. The number of ether oxygens (including phenoxy) is 1. The van der Waals surface area contributed by atoms with Gasteiger partial charge >= 0.3 is 0 Å². The number of aromatic amines is 1. The van der Waals surface area contributed by atoms with E-state index in [1.807, 2.05) is 25.3 Å². The van der Waals surface area contributed by atoms with Gasteiger partial charge in [0, 0.05) is 36.9 Å². The van der Waals surface area contributed by atoms with Gasteiger partial charge in [0.15, 0.2) is 0 Å². The number of nitrogens with zero attached hydrogens (tertiary/aromatic N) is 3. The Bertz CT molecular complexity index is 1200. The minimum atomic E-state index is -0.126. The van der Waals surface area contributed by atoms with Gasteiger partial charge in [0.05, 0.1) is 17.2 Å². The molecule has 1 aliphatic carbocycles. The van der Waals surface area contributed by atoms with Crippen LogP contribution in [0.1, 0.15) is 48.3 Å². The molecule has 1 saturated heterocycles. The molecule has 1 saturated carbocycles. The van der Waals surface area contributed by atoms with Crippen molar-refractivity contribution in [3.05, 3.63) is 63.8 Å². The lowest BCUT2D eigenvalue weighted by atomic mass is 10.00. The van der Waals surface area contributed by atoms with Crippen molar-refractivity contribution in [3.63, 3.8) is 0 Å². The molecule has 8 heteroatoms. The van der Waals surface area contributed by atoms with Gasteiger partial charge in [-0.3, -0.25) is 19.5 Å². The van der Waals surface area contributed by atoms with Crippen molar-refractivity contribution in [1.29, 1.82) is 0 Å². The van der Waals surface area contributed by atoms with Crippen molar-refractivity contribution in [2.24, 2.45) is 0 Å². The number of amides is 1. The maximum atomic E-state index is 12.1. The van der Waals surface area contributed by atoms with E-state index in [1.165, 1.54) is 0 Å². The highest BCUT2D eigenvalue weighted by Crippen LogP contribution is 2.26. The normalized spacial score (nSPS) is 20.7. The molecule has 2 unspecified atom stereocenters. The van der Waals surface area contributed by atoms with E-state index in [1.54, 1.807) is 18.3 Å². The van der Waals surface area contributed by atoms with E-state index >= 15 is 0 Å². The second-order valence-corrected chi connectivity index (χ2v) is 8.71. The van der Waals surface area contributed by atoms with Crippen molar-refractivity contribution >= 4 is 16.9 Å². The van der Waals surface area contributed by atoms with Gasteiger partial charge in [-0.05, 0) is 56.0 Å². The first kappa shape index (κ1) is 20.6. The first-order chi connectivity index (χ1) is 15.5. The molecule has 0 aromatic carbocycles. The summed E-state index contributed by atoms with van der Waals surface area (Å²) in [5, 5.41) is 2.93. The second kappa shape index (κ2) is 8.35. The van der Waals surface area contributed by atoms with Crippen LogP contribution in [-0.2, 0) is 13.0 Å². The van der Waals surface area contributed by atoms with Gasteiger partial charge < -0.3 is 15.0 Å². The first-order valence-electron chi connectivity index (χ1n) is 11.2. The van der Waals surface area contributed by atoms with Gasteiger partial charge in [-0.1, -0.05) is 6.92 Å². The van der Waals surface area contributed by atoms with Gasteiger partial charge in [0.25, 0.3) is 11.5 Å². The van der Waals surface area contributed by atoms with E-state index < -0.39 is 0 Å². The quantitative estimate of drug-likeness (QED) is 0.594. The molecule has 2 N–H and O–H groups in total. The van der Waals surface area contributed by atoms with Gasteiger partial charge in [-0.25, -0.2) is 4.98 Å². The highest BCUT2D eigenvalue weighted by Gasteiger charge is 2.37. The second-order valence-electron chi connectivity index (χ2n) is 8.71. The molecule has 1 aliphatic heterocycles. The minimum absolute atomic E-state index is 0.0469. The summed E-state index contributed by atoms with van der Waals surface area (Å²) in [5.41, 5.74) is 3.75. The van der Waals surface area contributed by atoms with Crippen LogP contribution in [0.4, 0.5) is 0 Å². The summed E-state index contributed by atoms with van der Waals surface area (Å²) >= 11 is 0. The molecule has 166 valence electrons. The largest absolute Gasteiger partial charge is 0.486 e. The molecular weight excluding hydrogens is 406 g/mol. The SMILES string of the molecule is CCc1cc2ncc(CN3CC(Oc4ccc(C(=O)NC5CC5)nc4)C3C)cc2[nH]c1=O. The molecule has 3 aromatic heterocycles. The van der Waals surface area contributed by atoms with Crippen LogP contribution in [0.2, 0.25) is 0 Å². The molecule has 5 rings (SSSR count). The van der Waals surface area contributed by atoms with Gasteiger partial charge in [0.1, 0.15) is 17.5 Å². The number of carbonyl (C=O) groups is 1. The smallest absolute Gasteiger partial charge is 0.270 e. The molecule has 0 radical (unpaired) electrons. The molecule has 0 spiro atoms. The highest BCUT2D eigenvalue weighted by molar-refractivity contribution is 5.92. The van der Waals surface area contributed by atoms with Crippen LogP contribution in [0.5, 0.6) is 5.75 Å². The Balaban J connectivity index is 1.18. The molecule has 8 nitrogen and oxygen atoms in total. The van der Waals surface area contributed by atoms with Crippen molar-refractivity contribution in [2.45, 2.75) is 57.8 Å². The van der Waals surface area contributed by atoms with Crippen LogP contribution in [-0.4, -0.2) is 50.5 Å². The van der Waals surface area contributed by atoms with E-state index in [4.69, 9.17) is 4.74 Å². The lowest BCUT2D eigenvalue weighted by molar-refractivity contribution is -0.0415. The van der Waals surface area contributed by atoms with E-state index in [2.05, 4.69) is 32.1 Å². The third kappa shape index (κ3) is 4.23. The number of carbonyl (C=O) groups excluding carboxylic acids is 1. The van der Waals surface area contributed by atoms with E-state index in [0.717, 1.165) is 48.1 Å². The summed E-state index contributed by atoms with van der Waals surface area (Å²) in [6, 6.07) is 7.92. The van der Waals surface area contributed by atoms with Gasteiger partial charge in [-0.2, -0.15) is 0 Å². The van der Waals surface area contributed by atoms with Crippen molar-refractivity contribution in [2.75, 3.05) is 6.54 Å². The van der Waals surface area contributed by atoms with Crippen LogP contribution >= 0.6 is 0 Å². The van der Waals surface area contributed by atoms with Crippen LogP contribution in [0.15, 0.2) is 41.5 Å². The number of H-pyrrole nitrogens is 1. The maximum Gasteiger partial charge on any atom is 0.270 e. The fraction of sp³-hybridized carbons (Fsp3) is 0.417. The molecule has 2 atom stereocenters. The van der Waals surface area contributed by atoms with Crippen LogP contribution in [0, 0.1) is 0 Å². The zero-order valence-corrected chi connectivity index (χ0v) is 18.3. The molecule has 2 fully saturated rings. The molecule has 32 heavy (non-hydrogen) atoms. The van der Waals surface area contributed by atoms with Crippen molar-refractivity contribution < 1.29 is 9.53 Å². The average molecular weight is 434 g/mol. The zero-order chi connectivity index (χ0) is 22.2. The highest BCUT2D eigenvalue weighted by atomic mass is 16.5.